The average Bonchev–Trinajstić information content (AvgIpc) is 2.71. The Morgan fingerprint density at radius 1 is 1.53 bits per heavy atom. The maximum atomic E-state index is 11.6. The quantitative estimate of drug-likeness (QED) is 0.621. The van der Waals surface area contributed by atoms with Crippen molar-refractivity contribution in [1.82, 2.24) is 9.97 Å². The first-order valence-corrected chi connectivity index (χ1v) is 6.03. The summed E-state index contributed by atoms with van der Waals surface area (Å²) in [5, 5.41) is 2.21. The van der Waals surface area contributed by atoms with Gasteiger partial charge in [0.25, 0.3) is 0 Å². The number of rotatable bonds is 2. The van der Waals surface area contributed by atoms with Gasteiger partial charge in [0.2, 0.25) is 0 Å². The summed E-state index contributed by atoms with van der Waals surface area (Å²) >= 11 is 7.33. The van der Waals surface area contributed by atoms with Crippen LogP contribution in [-0.4, -0.2) is 23.0 Å². The number of halogens is 1. The van der Waals surface area contributed by atoms with Gasteiger partial charge in [-0.1, -0.05) is 11.6 Å². The highest BCUT2D eigenvalue weighted by atomic mass is 35.5. The molecule has 0 aromatic carbocycles. The smallest absolute Gasteiger partial charge is 0.348 e. The Morgan fingerprint density at radius 3 is 2.94 bits per heavy atom. The molecule has 6 heteroatoms. The Hall–Kier alpha value is -1.46. The van der Waals surface area contributed by atoms with E-state index in [9.17, 15) is 4.79 Å². The molecule has 0 saturated heterocycles. The molecule has 17 heavy (non-hydrogen) atoms. The predicted octanol–water partition coefficient (Wildman–Crippen LogP) is 2.95. The first kappa shape index (κ1) is 12.0. The molecule has 88 valence electrons. The Labute approximate surface area is 107 Å². The van der Waals surface area contributed by atoms with Crippen molar-refractivity contribution >= 4 is 28.9 Å². The molecule has 2 rings (SSSR count). The summed E-state index contributed by atoms with van der Waals surface area (Å²) in [6.45, 7) is 1.90. The fourth-order valence-corrected chi connectivity index (χ4v) is 2.67. The summed E-state index contributed by atoms with van der Waals surface area (Å²) < 4.78 is 4.74. The summed E-state index contributed by atoms with van der Waals surface area (Å²) in [6, 6.07) is 0. The highest BCUT2D eigenvalue weighted by Crippen LogP contribution is 2.35. The molecular formula is C11H9ClN2O2S. The fraction of sp³-hybridized carbons (Fsp3) is 0.182. The van der Waals surface area contributed by atoms with Gasteiger partial charge in [-0.05, 0) is 17.9 Å². The standard InChI is InChI=1S/C11H9ClN2O2S/c1-6-4-17-9(11(15)16-2)8(6)7-3-13-5-14-10(7)12/h3-5H,1-2H3. The van der Waals surface area contributed by atoms with Gasteiger partial charge in [0.05, 0.1) is 7.11 Å². The molecule has 4 nitrogen and oxygen atoms in total. The van der Waals surface area contributed by atoms with E-state index in [2.05, 4.69) is 9.97 Å². The third kappa shape index (κ3) is 2.16. The molecule has 0 spiro atoms. The van der Waals surface area contributed by atoms with Crippen molar-refractivity contribution in [3.8, 4) is 11.1 Å². The zero-order chi connectivity index (χ0) is 12.4. The van der Waals surface area contributed by atoms with Gasteiger partial charge in [0.1, 0.15) is 16.4 Å². The number of hydrogen-bond acceptors (Lipinski definition) is 5. The van der Waals surface area contributed by atoms with Crippen molar-refractivity contribution in [2.75, 3.05) is 7.11 Å². The number of carbonyl (C=O) groups is 1. The molecule has 0 atom stereocenters. The zero-order valence-electron chi connectivity index (χ0n) is 9.23. The minimum Gasteiger partial charge on any atom is -0.465 e. The van der Waals surface area contributed by atoms with Crippen molar-refractivity contribution in [3.05, 3.63) is 33.5 Å². The van der Waals surface area contributed by atoms with Crippen molar-refractivity contribution < 1.29 is 9.53 Å². The number of methoxy groups -OCH3 is 1. The Bertz CT molecular complexity index is 568. The van der Waals surface area contributed by atoms with Crippen LogP contribution in [0.15, 0.2) is 17.9 Å². The predicted molar refractivity (Wildman–Crippen MR) is 66.4 cm³/mol. The molecule has 0 bridgehead atoms. The summed E-state index contributed by atoms with van der Waals surface area (Å²) in [5.41, 5.74) is 2.34. The number of nitrogens with zero attached hydrogens (tertiary/aromatic N) is 2. The number of ether oxygens (including phenoxy) is 1. The van der Waals surface area contributed by atoms with Crippen LogP contribution in [0, 0.1) is 6.92 Å². The third-order valence-corrected chi connectivity index (χ3v) is 3.66. The van der Waals surface area contributed by atoms with Crippen molar-refractivity contribution in [1.29, 1.82) is 0 Å². The minimum atomic E-state index is -0.377. The minimum absolute atomic E-state index is 0.326. The highest BCUT2D eigenvalue weighted by molar-refractivity contribution is 7.12. The normalized spacial score (nSPS) is 10.3. The summed E-state index contributed by atoms with van der Waals surface area (Å²) in [4.78, 5) is 20.0. The van der Waals surface area contributed by atoms with Crippen molar-refractivity contribution in [2.24, 2.45) is 0 Å². The lowest BCUT2D eigenvalue weighted by Crippen LogP contribution is -2.01. The second kappa shape index (κ2) is 4.81. The van der Waals surface area contributed by atoms with E-state index < -0.39 is 0 Å². The van der Waals surface area contributed by atoms with Crippen LogP contribution in [0.3, 0.4) is 0 Å². The van der Waals surface area contributed by atoms with Gasteiger partial charge in [0, 0.05) is 17.3 Å². The van der Waals surface area contributed by atoms with Crippen molar-refractivity contribution in [3.63, 3.8) is 0 Å². The fourth-order valence-electron chi connectivity index (χ4n) is 1.50. The van der Waals surface area contributed by atoms with E-state index in [1.165, 1.54) is 24.8 Å². The largest absolute Gasteiger partial charge is 0.465 e. The summed E-state index contributed by atoms with van der Waals surface area (Å²) in [5.74, 6) is -0.377. The lowest BCUT2D eigenvalue weighted by molar-refractivity contribution is 0.0607. The monoisotopic (exact) mass is 268 g/mol. The number of thiophene rings is 1. The zero-order valence-corrected chi connectivity index (χ0v) is 10.8. The molecule has 2 aromatic rings. The molecule has 0 saturated carbocycles. The van der Waals surface area contributed by atoms with Crippen molar-refractivity contribution in [2.45, 2.75) is 6.92 Å². The molecule has 2 heterocycles. The lowest BCUT2D eigenvalue weighted by atomic mass is 10.1. The lowest BCUT2D eigenvalue weighted by Gasteiger charge is -2.05. The van der Waals surface area contributed by atoms with E-state index in [1.807, 2.05) is 12.3 Å². The first-order chi connectivity index (χ1) is 8.15. The van der Waals surface area contributed by atoms with Crippen LogP contribution in [0.1, 0.15) is 15.2 Å². The van der Waals surface area contributed by atoms with Crippen LogP contribution in [0.4, 0.5) is 0 Å². The van der Waals surface area contributed by atoms with E-state index in [1.54, 1.807) is 6.20 Å². The SMILES string of the molecule is COC(=O)c1scc(C)c1-c1cncnc1Cl. The number of aromatic nitrogens is 2. The molecule has 0 amide bonds. The molecular weight excluding hydrogens is 260 g/mol. The van der Waals surface area contributed by atoms with Gasteiger partial charge < -0.3 is 4.74 Å². The number of carbonyl (C=O) groups excluding carboxylic acids is 1. The van der Waals surface area contributed by atoms with Crippen LogP contribution in [0.2, 0.25) is 5.15 Å². The molecule has 0 aliphatic heterocycles. The van der Waals surface area contributed by atoms with E-state index >= 15 is 0 Å². The van der Waals surface area contributed by atoms with Crippen LogP contribution < -0.4 is 0 Å². The Kier molecular flexibility index (Phi) is 3.40. The Balaban J connectivity index is 2.63. The maximum Gasteiger partial charge on any atom is 0.348 e. The topological polar surface area (TPSA) is 52.1 Å². The van der Waals surface area contributed by atoms with Gasteiger partial charge >= 0.3 is 5.97 Å². The van der Waals surface area contributed by atoms with E-state index in [0.29, 0.717) is 15.6 Å². The molecule has 0 unspecified atom stereocenters. The molecule has 0 aliphatic carbocycles. The van der Waals surface area contributed by atoms with Gasteiger partial charge in [-0.2, -0.15) is 0 Å². The van der Waals surface area contributed by atoms with Crippen LogP contribution >= 0.6 is 22.9 Å². The van der Waals surface area contributed by atoms with Crippen LogP contribution in [0.5, 0.6) is 0 Å². The maximum absolute atomic E-state index is 11.6. The number of aryl methyl sites for hydroxylation is 1. The third-order valence-electron chi connectivity index (χ3n) is 2.28. The second-order valence-electron chi connectivity index (χ2n) is 3.34. The summed E-state index contributed by atoms with van der Waals surface area (Å²) in [7, 11) is 1.35. The molecule has 0 aliphatic rings. The van der Waals surface area contributed by atoms with Gasteiger partial charge in [0.15, 0.2) is 0 Å². The van der Waals surface area contributed by atoms with Gasteiger partial charge in [-0.3, -0.25) is 0 Å². The van der Waals surface area contributed by atoms with E-state index in [-0.39, 0.29) is 5.97 Å². The summed E-state index contributed by atoms with van der Waals surface area (Å²) in [6.07, 6.45) is 2.96. The number of esters is 1. The molecule has 2 aromatic heterocycles. The average molecular weight is 269 g/mol. The molecule has 0 N–H and O–H groups in total. The first-order valence-electron chi connectivity index (χ1n) is 4.77. The Morgan fingerprint density at radius 2 is 2.29 bits per heavy atom. The molecule has 0 radical (unpaired) electrons. The van der Waals surface area contributed by atoms with Crippen LogP contribution in [-0.2, 0) is 4.74 Å². The van der Waals surface area contributed by atoms with Gasteiger partial charge in [-0.25, -0.2) is 14.8 Å². The van der Waals surface area contributed by atoms with E-state index in [0.717, 1.165) is 11.1 Å². The second-order valence-corrected chi connectivity index (χ2v) is 4.58. The number of hydrogen-bond donors (Lipinski definition) is 0. The molecule has 0 fully saturated rings. The van der Waals surface area contributed by atoms with Crippen LogP contribution in [0.25, 0.3) is 11.1 Å². The van der Waals surface area contributed by atoms with Gasteiger partial charge in [-0.15, -0.1) is 11.3 Å². The van der Waals surface area contributed by atoms with E-state index in [4.69, 9.17) is 16.3 Å². The highest BCUT2D eigenvalue weighted by Gasteiger charge is 2.20.